The first-order chi connectivity index (χ1) is 3.13. The quantitative estimate of drug-likeness (QED) is 0.440. The van der Waals surface area contributed by atoms with Crippen LogP contribution >= 0.6 is 0 Å². The summed E-state index contributed by atoms with van der Waals surface area (Å²) in [5.74, 6) is 0. The average molecular weight is 101 g/mol. The van der Waals surface area contributed by atoms with Crippen molar-refractivity contribution in [3.8, 4) is 0 Å². The van der Waals surface area contributed by atoms with Gasteiger partial charge in [-0.05, 0) is 13.8 Å². The zero-order valence-electron chi connectivity index (χ0n) is 4.73. The second-order valence-electron chi connectivity index (χ2n) is 2.62. The van der Waals surface area contributed by atoms with Gasteiger partial charge in [0, 0.05) is 12.1 Å². The van der Waals surface area contributed by atoms with Crippen LogP contribution < -0.4 is 5.32 Å². The van der Waals surface area contributed by atoms with Crippen LogP contribution in [0.4, 0.5) is 0 Å². The van der Waals surface area contributed by atoms with Gasteiger partial charge in [0.15, 0.2) is 0 Å². The third-order valence-corrected chi connectivity index (χ3v) is 1.58. The molecule has 0 aromatic rings. The second kappa shape index (κ2) is 1.20. The lowest BCUT2D eigenvalue weighted by molar-refractivity contribution is 0.00925. The normalized spacial score (nSPS) is 37.3. The third kappa shape index (κ3) is 0.640. The van der Waals surface area contributed by atoms with Crippen molar-refractivity contribution in [3.63, 3.8) is 0 Å². The molecule has 2 nitrogen and oxygen atoms in total. The van der Waals surface area contributed by atoms with E-state index in [-0.39, 0.29) is 11.6 Å². The second-order valence-corrected chi connectivity index (χ2v) is 2.62. The molecule has 2 N–H and O–H groups in total. The van der Waals surface area contributed by atoms with Crippen LogP contribution in [0.5, 0.6) is 0 Å². The Labute approximate surface area is 43.5 Å². The van der Waals surface area contributed by atoms with Crippen LogP contribution in [0.25, 0.3) is 0 Å². The molecule has 0 spiro atoms. The molecule has 42 valence electrons. The Balaban J connectivity index is 2.43. The highest BCUT2D eigenvalue weighted by Crippen LogP contribution is 2.16. The number of aliphatic hydroxyl groups is 1. The molecule has 0 amide bonds. The molecule has 0 radical (unpaired) electrons. The van der Waals surface area contributed by atoms with E-state index in [9.17, 15) is 0 Å². The van der Waals surface area contributed by atoms with Gasteiger partial charge < -0.3 is 10.4 Å². The van der Waals surface area contributed by atoms with Gasteiger partial charge in [-0.3, -0.25) is 0 Å². The summed E-state index contributed by atoms with van der Waals surface area (Å²) in [7, 11) is 0. The van der Waals surface area contributed by atoms with Gasteiger partial charge in [0.1, 0.15) is 0 Å². The first-order valence-electron chi connectivity index (χ1n) is 2.56. The zero-order valence-corrected chi connectivity index (χ0v) is 4.73. The molecule has 0 unspecified atom stereocenters. The molecule has 1 aliphatic heterocycles. The van der Waals surface area contributed by atoms with E-state index >= 15 is 0 Å². The van der Waals surface area contributed by atoms with Crippen molar-refractivity contribution in [2.75, 3.05) is 6.54 Å². The Hall–Kier alpha value is -0.0800. The maximum Gasteiger partial charge on any atom is 0.0840 e. The number of hydrogen-bond acceptors (Lipinski definition) is 2. The maximum absolute atomic E-state index is 8.91. The highest BCUT2D eigenvalue weighted by Gasteiger charge is 2.35. The Morgan fingerprint density at radius 1 is 1.71 bits per heavy atom. The Morgan fingerprint density at radius 3 is 2.14 bits per heavy atom. The molecule has 2 heteroatoms. The molecule has 1 saturated heterocycles. The third-order valence-electron chi connectivity index (χ3n) is 1.58. The van der Waals surface area contributed by atoms with E-state index in [2.05, 4.69) is 5.32 Å². The summed E-state index contributed by atoms with van der Waals surface area (Å²) in [5, 5.41) is 12.0. The topological polar surface area (TPSA) is 32.3 Å². The molecular formula is C5H11NO. The van der Waals surface area contributed by atoms with E-state index in [0.717, 1.165) is 6.54 Å². The van der Waals surface area contributed by atoms with Crippen molar-refractivity contribution >= 4 is 0 Å². The molecule has 0 bridgehead atoms. The van der Waals surface area contributed by atoms with Crippen LogP contribution in [0.15, 0.2) is 0 Å². The Bertz CT molecular complexity index is 80.1. The lowest BCUT2D eigenvalue weighted by Gasteiger charge is -2.42. The van der Waals surface area contributed by atoms with Crippen LogP contribution in [0, 0.1) is 0 Å². The van der Waals surface area contributed by atoms with Crippen LogP contribution in [0.1, 0.15) is 13.8 Å². The molecule has 1 atom stereocenters. The summed E-state index contributed by atoms with van der Waals surface area (Å²) in [6, 6.07) is 0. The monoisotopic (exact) mass is 101 g/mol. The van der Waals surface area contributed by atoms with Gasteiger partial charge in [-0.1, -0.05) is 0 Å². The maximum atomic E-state index is 8.91. The molecule has 0 saturated carbocycles. The molecule has 7 heavy (non-hydrogen) atoms. The van der Waals surface area contributed by atoms with Crippen LogP contribution in [-0.4, -0.2) is 23.3 Å². The van der Waals surface area contributed by atoms with Crippen molar-refractivity contribution in [1.82, 2.24) is 5.32 Å². The minimum Gasteiger partial charge on any atom is -0.390 e. The van der Waals surface area contributed by atoms with Crippen LogP contribution in [0.2, 0.25) is 0 Å². The lowest BCUT2D eigenvalue weighted by atomic mass is 9.89. The number of rotatable bonds is 0. The molecule has 1 rings (SSSR count). The molecule has 1 heterocycles. The molecule has 1 aliphatic rings. The zero-order chi connectivity index (χ0) is 5.49. The van der Waals surface area contributed by atoms with Crippen molar-refractivity contribution in [1.29, 1.82) is 0 Å². The number of hydrogen-bond donors (Lipinski definition) is 2. The molecular weight excluding hydrogens is 90.1 g/mol. The van der Waals surface area contributed by atoms with E-state index < -0.39 is 0 Å². The molecule has 1 fully saturated rings. The summed E-state index contributed by atoms with van der Waals surface area (Å²) >= 11 is 0. The smallest absolute Gasteiger partial charge is 0.0840 e. The molecule has 0 aromatic carbocycles. The first kappa shape index (κ1) is 5.06. The number of aliphatic hydroxyl groups excluding tert-OH is 1. The highest BCUT2D eigenvalue weighted by molar-refractivity contribution is 4.96. The average Bonchev–Trinajstić information content (AvgIpc) is 1.63. The predicted molar refractivity (Wildman–Crippen MR) is 28.1 cm³/mol. The predicted octanol–water partition coefficient (Wildman–Crippen LogP) is -0.271. The van der Waals surface area contributed by atoms with E-state index in [4.69, 9.17) is 5.11 Å². The SMILES string of the molecule is CC1(C)NC[C@@H]1O. The van der Waals surface area contributed by atoms with Gasteiger partial charge in [0.25, 0.3) is 0 Å². The minimum absolute atomic E-state index is 0.0139. The summed E-state index contributed by atoms with van der Waals surface area (Å²) in [6.45, 7) is 4.73. The van der Waals surface area contributed by atoms with E-state index in [1.165, 1.54) is 0 Å². The van der Waals surface area contributed by atoms with Crippen molar-refractivity contribution in [2.24, 2.45) is 0 Å². The molecule has 0 aromatic heterocycles. The van der Waals surface area contributed by atoms with Gasteiger partial charge in [0.05, 0.1) is 6.10 Å². The Kier molecular flexibility index (Phi) is 0.869. The fourth-order valence-electron chi connectivity index (χ4n) is 0.602. The number of β-amino-alcohol motifs (C(OH)–C–C–N with tert-alkyl or cyclic N) is 1. The first-order valence-corrected chi connectivity index (χ1v) is 2.56. The highest BCUT2D eigenvalue weighted by atomic mass is 16.3. The number of nitrogens with one attached hydrogen (secondary N) is 1. The largest absolute Gasteiger partial charge is 0.390 e. The van der Waals surface area contributed by atoms with E-state index in [1.54, 1.807) is 0 Å². The van der Waals surface area contributed by atoms with Crippen molar-refractivity contribution in [2.45, 2.75) is 25.5 Å². The fraction of sp³-hybridized carbons (Fsp3) is 1.00. The Morgan fingerprint density at radius 2 is 2.14 bits per heavy atom. The molecule has 0 aliphatic carbocycles. The van der Waals surface area contributed by atoms with E-state index in [1.807, 2.05) is 13.8 Å². The summed E-state index contributed by atoms with van der Waals surface area (Å²) in [4.78, 5) is 0. The van der Waals surface area contributed by atoms with Crippen LogP contribution in [-0.2, 0) is 0 Å². The van der Waals surface area contributed by atoms with Crippen LogP contribution in [0.3, 0.4) is 0 Å². The summed E-state index contributed by atoms with van der Waals surface area (Å²) < 4.78 is 0. The summed E-state index contributed by atoms with van der Waals surface area (Å²) in [5.41, 5.74) is -0.0139. The van der Waals surface area contributed by atoms with Gasteiger partial charge in [-0.2, -0.15) is 0 Å². The van der Waals surface area contributed by atoms with E-state index in [0.29, 0.717) is 0 Å². The van der Waals surface area contributed by atoms with Crippen molar-refractivity contribution < 1.29 is 5.11 Å². The lowest BCUT2D eigenvalue weighted by Crippen LogP contribution is -2.65. The van der Waals surface area contributed by atoms with Gasteiger partial charge in [-0.15, -0.1) is 0 Å². The van der Waals surface area contributed by atoms with Gasteiger partial charge in [0.2, 0.25) is 0 Å². The van der Waals surface area contributed by atoms with Gasteiger partial charge >= 0.3 is 0 Å². The summed E-state index contributed by atoms with van der Waals surface area (Å²) in [6.07, 6.45) is -0.132. The van der Waals surface area contributed by atoms with Gasteiger partial charge in [-0.25, -0.2) is 0 Å². The standard InChI is InChI=1S/C5H11NO/c1-5(2)4(7)3-6-5/h4,6-7H,3H2,1-2H3/t4-/m0/s1. The fourth-order valence-corrected chi connectivity index (χ4v) is 0.602. The van der Waals surface area contributed by atoms with Crippen molar-refractivity contribution in [3.05, 3.63) is 0 Å². The minimum atomic E-state index is -0.132.